The monoisotopic (exact) mass is 297 g/mol. The minimum atomic E-state index is -0.902. The number of nitrogens with one attached hydrogen (secondary N) is 3. The lowest BCUT2D eigenvalue weighted by molar-refractivity contribution is -0.139. The van der Waals surface area contributed by atoms with E-state index in [1.165, 1.54) is 6.07 Å². The van der Waals surface area contributed by atoms with Crippen LogP contribution in [0.4, 0.5) is 0 Å². The molecule has 3 N–H and O–H groups in total. The molecule has 0 radical (unpaired) electrons. The van der Waals surface area contributed by atoms with Gasteiger partial charge in [0.25, 0.3) is 0 Å². The van der Waals surface area contributed by atoms with Crippen LogP contribution in [0.1, 0.15) is 29.2 Å². The van der Waals surface area contributed by atoms with Crippen LogP contribution in [0.3, 0.4) is 0 Å². The van der Waals surface area contributed by atoms with E-state index in [9.17, 15) is 14.4 Å². The molecule has 0 aromatic carbocycles. The standard InChI is InChI=1S/C12H15N3O4S/c1-20-6-8-4-5-9(19-8)10(16)14-15-12(18)11(17)13-7-2-3-7/h4-5,7H,2-3,6H2,1H3,(H,13,17)(H,14,16)(H,15,18). The average molecular weight is 297 g/mol. The summed E-state index contributed by atoms with van der Waals surface area (Å²) in [4.78, 5) is 34.4. The van der Waals surface area contributed by atoms with Crippen LogP contribution >= 0.6 is 11.8 Å². The third kappa shape index (κ3) is 4.02. The van der Waals surface area contributed by atoms with Crippen LogP contribution in [0.25, 0.3) is 0 Å². The van der Waals surface area contributed by atoms with E-state index in [1.54, 1.807) is 17.8 Å². The Labute approximate surface area is 119 Å². The van der Waals surface area contributed by atoms with Crippen LogP contribution in [0.5, 0.6) is 0 Å². The molecule has 1 aromatic rings. The van der Waals surface area contributed by atoms with Gasteiger partial charge in [-0.2, -0.15) is 11.8 Å². The zero-order valence-electron chi connectivity index (χ0n) is 10.9. The van der Waals surface area contributed by atoms with E-state index in [4.69, 9.17) is 4.42 Å². The van der Waals surface area contributed by atoms with Crippen molar-refractivity contribution in [2.75, 3.05) is 6.26 Å². The van der Waals surface area contributed by atoms with Crippen LogP contribution in [0, 0.1) is 0 Å². The molecule has 0 aliphatic heterocycles. The lowest BCUT2D eigenvalue weighted by Gasteiger charge is -2.05. The summed E-state index contributed by atoms with van der Waals surface area (Å²) in [5.74, 6) is -0.859. The third-order valence-electron chi connectivity index (χ3n) is 2.58. The minimum Gasteiger partial charge on any atom is -0.455 e. The second kappa shape index (κ2) is 6.47. The highest BCUT2D eigenvalue weighted by molar-refractivity contribution is 7.97. The summed E-state index contributed by atoms with van der Waals surface area (Å²) in [5, 5.41) is 2.51. The predicted molar refractivity (Wildman–Crippen MR) is 72.7 cm³/mol. The Kier molecular flexibility index (Phi) is 4.67. The number of furan rings is 1. The number of rotatable bonds is 4. The highest BCUT2D eigenvalue weighted by Gasteiger charge is 2.26. The molecule has 3 amide bonds. The van der Waals surface area contributed by atoms with Gasteiger partial charge in [-0.05, 0) is 31.2 Å². The molecule has 2 rings (SSSR count). The Morgan fingerprint density at radius 3 is 2.65 bits per heavy atom. The third-order valence-corrected chi connectivity index (χ3v) is 3.15. The van der Waals surface area contributed by atoms with Gasteiger partial charge in [-0.3, -0.25) is 25.2 Å². The highest BCUT2D eigenvalue weighted by atomic mass is 32.2. The zero-order valence-corrected chi connectivity index (χ0v) is 11.7. The van der Waals surface area contributed by atoms with E-state index in [0.717, 1.165) is 12.8 Å². The van der Waals surface area contributed by atoms with Crippen LogP contribution in [-0.4, -0.2) is 30.0 Å². The molecule has 0 saturated heterocycles. The number of thioether (sulfide) groups is 1. The molecule has 1 fully saturated rings. The fourth-order valence-electron chi connectivity index (χ4n) is 1.43. The molecule has 0 spiro atoms. The van der Waals surface area contributed by atoms with Crippen molar-refractivity contribution in [1.82, 2.24) is 16.2 Å². The molecular weight excluding hydrogens is 282 g/mol. The summed E-state index contributed by atoms with van der Waals surface area (Å²) in [6, 6.07) is 3.28. The number of carbonyl (C=O) groups excluding carboxylic acids is 3. The van der Waals surface area contributed by atoms with Crippen molar-refractivity contribution >= 4 is 29.5 Å². The van der Waals surface area contributed by atoms with Gasteiger partial charge >= 0.3 is 17.7 Å². The molecule has 8 heteroatoms. The van der Waals surface area contributed by atoms with E-state index in [-0.39, 0.29) is 11.8 Å². The summed E-state index contributed by atoms with van der Waals surface area (Å²) < 4.78 is 5.27. The van der Waals surface area contributed by atoms with Gasteiger partial charge in [-0.1, -0.05) is 0 Å². The Morgan fingerprint density at radius 2 is 2.00 bits per heavy atom. The van der Waals surface area contributed by atoms with Crippen LogP contribution in [0.2, 0.25) is 0 Å². The first kappa shape index (κ1) is 14.4. The summed E-state index contributed by atoms with van der Waals surface area (Å²) >= 11 is 1.57. The van der Waals surface area contributed by atoms with Crippen molar-refractivity contribution in [3.8, 4) is 0 Å². The summed E-state index contributed by atoms with van der Waals surface area (Å²) in [7, 11) is 0. The molecule has 1 aliphatic carbocycles. The van der Waals surface area contributed by atoms with E-state index in [1.807, 2.05) is 11.7 Å². The van der Waals surface area contributed by atoms with Gasteiger partial charge in [0.15, 0.2) is 5.76 Å². The van der Waals surface area contributed by atoms with E-state index in [2.05, 4.69) is 10.7 Å². The Bertz CT molecular complexity index is 525. The normalized spacial score (nSPS) is 13.7. The van der Waals surface area contributed by atoms with Crippen LogP contribution < -0.4 is 16.2 Å². The lowest BCUT2D eigenvalue weighted by atomic mass is 10.4. The summed E-state index contributed by atoms with van der Waals surface area (Å²) in [5.41, 5.74) is 4.17. The number of hydrogen-bond donors (Lipinski definition) is 3. The van der Waals surface area contributed by atoms with Gasteiger partial charge in [0.1, 0.15) is 5.76 Å². The lowest BCUT2D eigenvalue weighted by Crippen LogP contribution is -2.48. The van der Waals surface area contributed by atoms with Crippen molar-refractivity contribution in [1.29, 1.82) is 0 Å². The Hall–Kier alpha value is -1.96. The molecule has 0 atom stereocenters. The van der Waals surface area contributed by atoms with E-state index < -0.39 is 17.7 Å². The minimum absolute atomic E-state index is 0.0805. The maximum absolute atomic E-state index is 11.7. The molecule has 1 aromatic heterocycles. The summed E-state index contributed by atoms with van der Waals surface area (Å²) in [6.07, 6.45) is 3.69. The molecule has 7 nitrogen and oxygen atoms in total. The number of hydrazine groups is 1. The molecule has 108 valence electrons. The van der Waals surface area contributed by atoms with Crippen molar-refractivity contribution in [2.24, 2.45) is 0 Å². The zero-order chi connectivity index (χ0) is 14.5. The fourth-order valence-corrected chi connectivity index (χ4v) is 1.87. The SMILES string of the molecule is CSCc1ccc(C(=O)NNC(=O)C(=O)NC2CC2)o1. The smallest absolute Gasteiger partial charge is 0.327 e. The van der Waals surface area contributed by atoms with Crippen LogP contribution in [-0.2, 0) is 15.3 Å². The number of hydrogen-bond acceptors (Lipinski definition) is 5. The Balaban J connectivity index is 1.78. The van der Waals surface area contributed by atoms with E-state index in [0.29, 0.717) is 11.5 Å². The molecular formula is C12H15N3O4S. The fraction of sp³-hybridized carbons (Fsp3) is 0.417. The largest absolute Gasteiger partial charge is 0.455 e. The average Bonchev–Trinajstić information content (AvgIpc) is 3.11. The van der Waals surface area contributed by atoms with Gasteiger partial charge in [0.2, 0.25) is 0 Å². The highest BCUT2D eigenvalue weighted by Crippen LogP contribution is 2.18. The summed E-state index contributed by atoms with van der Waals surface area (Å²) in [6.45, 7) is 0. The van der Waals surface area contributed by atoms with Gasteiger partial charge in [-0.15, -0.1) is 0 Å². The molecule has 20 heavy (non-hydrogen) atoms. The van der Waals surface area contributed by atoms with Crippen molar-refractivity contribution in [3.63, 3.8) is 0 Å². The topological polar surface area (TPSA) is 100 Å². The quantitative estimate of drug-likeness (QED) is 0.544. The molecule has 0 unspecified atom stereocenters. The first-order valence-corrected chi connectivity index (χ1v) is 7.48. The first-order valence-electron chi connectivity index (χ1n) is 6.09. The van der Waals surface area contributed by atoms with Gasteiger partial charge in [0, 0.05) is 6.04 Å². The second-order valence-corrected chi connectivity index (χ2v) is 5.22. The van der Waals surface area contributed by atoms with Crippen molar-refractivity contribution in [3.05, 3.63) is 23.7 Å². The van der Waals surface area contributed by atoms with E-state index >= 15 is 0 Å². The maximum Gasteiger partial charge on any atom is 0.327 e. The van der Waals surface area contributed by atoms with Crippen molar-refractivity contribution in [2.45, 2.75) is 24.6 Å². The van der Waals surface area contributed by atoms with Crippen LogP contribution in [0.15, 0.2) is 16.5 Å². The predicted octanol–water partition coefficient (Wildman–Crippen LogP) is 0.182. The van der Waals surface area contributed by atoms with Crippen molar-refractivity contribution < 1.29 is 18.8 Å². The Morgan fingerprint density at radius 1 is 1.25 bits per heavy atom. The first-order chi connectivity index (χ1) is 9.60. The van der Waals surface area contributed by atoms with Gasteiger partial charge in [0.05, 0.1) is 5.75 Å². The molecule has 1 saturated carbocycles. The molecule has 1 aliphatic rings. The van der Waals surface area contributed by atoms with Gasteiger partial charge < -0.3 is 9.73 Å². The molecule has 0 bridgehead atoms. The molecule has 1 heterocycles. The number of amides is 3. The second-order valence-electron chi connectivity index (χ2n) is 4.35. The number of carbonyl (C=O) groups is 3. The van der Waals surface area contributed by atoms with Gasteiger partial charge in [-0.25, -0.2) is 0 Å². The maximum atomic E-state index is 11.7.